The number of aryl methyl sites for hydroxylation is 1. The van der Waals surface area contributed by atoms with Gasteiger partial charge in [-0.05, 0) is 6.07 Å². The molecule has 0 atom stereocenters. The standard InChI is InChI=1S/C7H7ClO2/c1-2-5-3-6(8)7(4-9)10-5/h3-4H,2H2,1H3. The molecule has 1 heterocycles. The summed E-state index contributed by atoms with van der Waals surface area (Å²) >= 11 is 5.60. The largest absolute Gasteiger partial charge is 0.457 e. The Kier molecular flexibility index (Phi) is 2.12. The number of carbonyl (C=O) groups is 1. The van der Waals surface area contributed by atoms with Gasteiger partial charge in [0.15, 0.2) is 12.0 Å². The van der Waals surface area contributed by atoms with Crippen LogP contribution in [0.15, 0.2) is 10.5 Å². The fourth-order valence-corrected chi connectivity index (χ4v) is 0.891. The van der Waals surface area contributed by atoms with Crippen molar-refractivity contribution in [3.63, 3.8) is 0 Å². The van der Waals surface area contributed by atoms with Crippen LogP contribution in [-0.4, -0.2) is 6.29 Å². The molecule has 2 nitrogen and oxygen atoms in total. The quantitative estimate of drug-likeness (QED) is 0.619. The Morgan fingerprint density at radius 3 is 2.80 bits per heavy atom. The molecule has 1 rings (SSSR count). The Morgan fingerprint density at radius 2 is 2.50 bits per heavy atom. The molecule has 0 aliphatic carbocycles. The Morgan fingerprint density at radius 1 is 1.80 bits per heavy atom. The number of hydrogen-bond acceptors (Lipinski definition) is 2. The molecule has 3 heteroatoms. The van der Waals surface area contributed by atoms with Gasteiger partial charge in [0.05, 0.1) is 5.02 Å². The predicted molar refractivity (Wildman–Crippen MR) is 38.5 cm³/mol. The highest BCUT2D eigenvalue weighted by molar-refractivity contribution is 6.32. The van der Waals surface area contributed by atoms with Gasteiger partial charge >= 0.3 is 0 Å². The minimum absolute atomic E-state index is 0.221. The van der Waals surface area contributed by atoms with Gasteiger partial charge in [-0.2, -0.15) is 0 Å². The zero-order valence-corrected chi connectivity index (χ0v) is 6.31. The van der Waals surface area contributed by atoms with Crippen molar-refractivity contribution in [2.24, 2.45) is 0 Å². The van der Waals surface area contributed by atoms with E-state index in [-0.39, 0.29) is 5.76 Å². The Labute approximate surface area is 63.8 Å². The van der Waals surface area contributed by atoms with Crippen LogP contribution in [0, 0.1) is 0 Å². The first kappa shape index (κ1) is 7.35. The minimum Gasteiger partial charge on any atom is -0.457 e. The van der Waals surface area contributed by atoms with Gasteiger partial charge in [-0.3, -0.25) is 4.79 Å². The van der Waals surface area contributed by atoms with Gasteiger partial charge in [0.25, 0.3) is 0 Å². The van der Waals surface area contributed by atoms with Crippen LogP contribution < -0.4 is 0 Å². The van der Waals surface area contributed by atoms with Crippen LogP contribution in [0.2, 0.25) is 5.02 Å². The number of aldehydes is 1. The first-order valence-corrected chi connectivity index (χ1v) is 3.39. The maximum atomic E-state index is 10.2. The Bertz CT molecular complexity index is 240. The second kappa shape index (κ2) is 2.88. The smallest absolute Gasteiger partial charge is 0.186 e. The lowest BCUT2D eigenvalue weighted by atomic mass is 10.4. The van der Waals surface area contributed by atoms with Crippen LogP contribution in [0.3, 0.4) is 0 Å². The SMILES string of the molecule is CCc1cc(Cl)c(C=O)o1. The van der Waals surface area contributed by atoms with Crippen LogP contribution in [0.4, 0.5) is 0 Å². The monoisotopic (exact) mass is 158 g/mol. The zero-order chi connectivity index (χ0) is 7.56. The van der Waals surface area contributed by atoms with E-state index in [0.717, 1.165) is 12.2 Å². The zero-order valence-electron chi connectivity index (χ0n) is 5.56. The van der Waals surface area contributed by atoms with E-state index in [4.69, 9.17) is 16.0 Å². The number of hydrogen-bond donors (Lipinski definition) is 0. The molecule has 0 saturated carbocycles. The van der Waals surface area contributed by atoms with Gasteiger partial charge in [0, 0.05) is 6.42 Å². The van der Waals surface area contributed by atoms with E-state index in [2.05, 4.69) is 0 Å². The van der Waals surface area contributed by atoms with E-state index in [0.29, 0.717) is 11.3 Å². The Hall–Kier alpha value is -0.760. The third-order valence-electron chi connectivity index (χ3n) is 1.22. The number of rotatable bonds is 2. The Balaban J connectivity index is 3.03. The van der Waals surface area contributed by atoms with Crippen molar-refractivity contribution in [2.45, 2.75) is 13.3 Å². The highest BCUT2D eigenvalue weighted by Crippen LogP contribution is 2.18. The van der Waals surface area contributed by atoms with Crippen LogP contribution in [0.5, 0.6) is 0 Å². The molecular weight excluding hydrogens is 152 g/mol. The van der Waals surface area contributed by atoms with E-state index >= 15 is 0 Å². The van der Waals surface area contributed by atoms with E-state index in [9.17, 15) is 4.79 Å². The van der Waals surface area contributed by atoms with Gasteiger partial charge in [-0.25, -0.2) is 0 Å². The summed E-state index contributed by atoms with van der Waals surface area (Å²) < 4.78 is 5.01. The topological polar surface area (TPSA) is 30.2 Å². The molecule has 0 amide bonds. The fraction of sp³-hybridized carbons (Fsp3) is 0.286. The van der Waals surface area contributed by atoms with Gasteiger partial charge in [0.2, 0.25) is 0 Å². The van der Waals surface area contributed by atoms with E-state index in [1.54, 1.807) is 6.07 Å². The van der Waals surface area contributed by atoms with Crippen molar-refractivity contribution in [2.75, 3.05) is 0 Å². The predicted octanol–water partition coefficient (Wildman–Crippen LogP) is 2.31. The molecule has 0 spiro atoms. The summed E-state index contributed by atoms with van der Waals surface area (Å²) in [5.74, 6) is 0.964. The molecule has 1 aromatic rings. The molecule has 0 bridgehead atoms. The normalized spacial score (nSPS) is 9.80. The van der Waals surface area contributed by atoms with Crippen LogP contribution in [0.1, 0.15) is 23.2 Å². The molecule has 0 N–H and O–H groups in total. The van der Waals surface area contributed by atoms with E-state index in [1.165, 1.54) is 0 Å². The molecule has 0 aromatic carbocycles. The fourth-order valence-electron chi connectivity index (χ4n) is 0.686. The first-order chi connectivity index (χ1) is 4.77. The van der Waals surface area contributed by atoms with Crippen molar-refractivity contribution < 1.29 is 9.21 Å². The summed E-state index contributed by atoms with van der Waals surface area (Å²) in [6.07, 6.45) is 1.37. The summed E-state index contributed by atoms with van der Waals surface area (Å²) in [5.41, 5.74) is 0. The van der Waals surface area contributed by atoms with Gasteiger partial charge in [-0.15, -0.1) is 0 Å². The number of furan rings is 1. The molecule has 0 unspecified atom stereocenters. The van der Waals surface area contributed by atoms with Gasteiger partial charge < -0.3 is 4.42 Å². The molecule has 0 saturated heterocycles. The molecule has 0 fully saturated rings. The molecule has 0 radical (unpaired) electrons. The first-order valence-electron chi connectivity index (χ1n) is 3.01. The van der Waals surface area contributed by atoms with Gasteiger partial charge in [-0.1, -0.05) is 18.5 Å². The van der Waals surface area contributed by atoms with Crippen LogP contribution >= 0.6 is 11.6 Å². The minimum atomic E-state index is 0.221. The lowest BCUT2D eigenvalue weighted by Crippen LogP contribution is -1.72. The third kappa shape index (κ3) is 1.21. The van der Waals surface area contributed by atoms with Gasteiger partial charge in [0.1, 0.15) is 5.76 Å². The van der Waals surface area contributed by atoms with Crippen LogP contribution in [-0.2, 0) is 6.42 Å². The lowest BCUT2D eigenvalue weighted by Gasteiger charge is -1.82. The average molecular weight is 159 g/mol. The number of carbonyl (C=O) groups excluding carboxylic acids is 1. The van der Waals surface area contributed by atoms with Crippen molar-refractivity contribution in [1.82, 2.24) is 0 Å². The highest BCUT2D eigenvalue weighted by atomic mass is 35.5. The number of halogens is 1. The maximum Gasteiger partial charge on any atom is 0.186 e. The summed E-state index contributed by atoms with van der Waals surface area (Å²) in [5, 5.41) is 0.395. The summed E-state index contributed by atoms with van der Waals surface area (Å²) in [6.45, 7) is 1.93. The second-order valence-corrected chi connectivity index (χ2v) is 2.30. The molecule has 0 aliphatic rings. The molecule has 1 aromatic heterocycles. The van der Waals surface area contributed by atoms with E-state index in [1.807, 2.05) is 6.92 Å². The second-order valence-electron chi connectivity index (χ2n) is 1.90. The third-order valence-corrected chi connectivity index (χ3v) is 1.52. The molecule has 10 heavy (non-hydrogen) atoms. The van der Waals surface area contributed by atoms with Crippen molar-refractivity contribution in [3.05, 3.63) is 22.6 Å². The molecule has 0 aliphatic heterocycles. The van der Waals surface area contributed by atoms with Crippen molar-refractivity contribution in [3.8, 4) is 0 Å². The van der Waals surface area contributed by atoms with Crippen molar-refractivity contribution in [1.29, 1.82) is 0 Å². The highest BCUT2D eigenvalue weighted by Gasteiger charge is 2.05. The molecular formula is C7H7ClO2. The maximum absolute atomic E-state index is 10.2. The molecule has 54 valence electrons. The lowest BCUT2D eigenvalue weighted by molar-refractivity contribution is 0.109. The summed E-state index contributed by atoms with van der Waals surface area (Å²) in [7, 11) is 0. The van der Waals surface area contributed by atoms with E-state index < -0.39 is 0 Å². The summed E-state index contributed by atoms with van der Waals surface area (Å²) in [6, 6.07) is 1.66. The van der Waals surface area contributed by atoms with Crippen molar-refractivity contribution >= 4 is 17.9 Å². The average Bonchev–Trinajstić information content (AvgIpc) is 2.30. The van der Waals surface area contributed by atoms with Crippen LogP contribution in [0.25, 0.3) is 0 Å². The summed E-state index contributed by atoms with van der Waals surface area (Å²) in [4.78, 5) is 10.2.